The number of nitrogens with one attached hydrogen (secondary N) is 2. The SMILES string of the molecule is CCNC(=O)C[C@@H](NC(=O)c1ccccc1Cl)c1ccccc1. The van der Waals surface area contributed by atoms with Gasteiger partial charge in [0.05, 0.1) is 23.0 Å². The third-order valence-electron chi connectivity index (χ3n) is 3.39. The number of hydrogen-bond donors (Lipinski definition) is 2. The Labute approximate surface area is 140 Å². The lowest BCUT2D eigenvalue weighted by molar-refractivity contribution is -0.121. The zero-order valence-electron chi connectivity index (χ0n) is 12.9. The summed E-state index contributed by atoms with van der Waals surface area (Å²) in [7, 11) is 0. The topological polar surface area (TPSA) is 58.2 Å². The molecule has 2 rings (SSSR count). The summed E-state index contributed by atoms with van der Waals surface area (Å²) in [6.07, 6.45) is 0.175. The van der Waals surface area contributed by atoms with Crippen LogP contribution in [0.1, 0.15) is 35.3 Å². The molecule has 0 unspecified atom stereocenters. The van der Waals surface area contributed by atoms with Crippen LogP contribution in [0.15, 0.2) is 54.6 Å². The van der Waals surface area contributed by atoms with Crippen LogP contribution in [0.2, 0.25) is 5.02 Å². The lowest BCUT2D eigenvalue weighted by atomic mass is 10.0. The Bertz CT molecular complexity index is 674. The summed E-state index contributed by atoms with van der Waals surface area (Å²) in [5, 5.41) is 6.03. The Morgan fingerprint density at radius 1 is 1.04 bits per heavy atom. The summed E-state index contributed by atoms with van der Waals surface area (Å²) in [4.78, 5) is 24.4. The monoisotopic (exact) mass is 330 g/mol. The fraction of sp³-hybridized carbons (Fsp3) is 0.222. The molecule has 0 saturated heterocycles. The second-order valence-corrected chi connectivity index (χ2v) is 5.48. The number of carbonyl (C=O) groups is 2. The predicted molar refractivity (Wildman–Crippen MR) is 91.4 cm³/mol. The smallest absolute Gasteiger partial charge is 0.253 e. The van der Waals surface area contributed by atoms with Crippen LogP contribution in [-0.4, -0.2) is 18.4 Å². The van der Waals surface area contributed by atoms with Crippen LogP contribution in [0.4, 0.5) is 0 Å². The van der Waals surface area contributed by atoms with Gasteiger partial charge in [0, 0.05) is 6.54 Å². The van der Waals surface area contributed by atoms with Gasteiger partial charge in [-0.2, -0.15) is 0 Å². The molecule has 0 bridgehead atoms. The van der Waals surface area contributed by atoms with E-state index in [9.17, 15) is 9.59 Å². The highest BCUT2D eigenvalue weighted by Gasteiger charge is 2.20. The van der Waals surface area contributed by atoms with Crippen molar-refractivity contribution in [2.45, 2.75) is 19.4 Å². The van der Waals surface area contributed by atoms with E-state index in [0.717, 1.165) is 5.56 Å². The summed E-state index contributed by atoms with van der Waals surface area (Å²) in [5.41, 5.74) is 1.27. The average Bonchev–Trinajstić information content (AvgIpc) is 2.55. The van der Waals surface area contributed by atoms with Crippen molar-refractivity contribution in [3.63, 3.8) is 0 Å². The molecule has 1 atom stereocenters. The highest BCUT2D eigenvalue weighted by atomic mass is 35.5. The molecule has 0 saturated carbocycles. The molecule has 0 aliphatic carbocycles. The second-order valence-electron chi connectivity index (χ2n) is 5.07. The molecule has 5 heteroatoms. The highest BCUT2D eigenvalue weighted by molar-refractivity contribution is 6.33. The predicted octanol–water partition coefficient (Wildman–Crippen LogP) is 3.34. The molecule has 0 aromatic heterocycles. The van der Waals surface area contributed by atoms with Gasteiger partial charge in [0.1, 0.15) is 0 Å². The quantitative estimate of drug-likeness (QED) is 0.853. The molecule has 2 aromatic carbocycles. The van der Waals surface area contributed by atoms with Crippen LogP contribution in [0.25, 0.3) is 0 Å². The number of benzene rings is 2. The van der Waals surface area contributed by atoms with Crippen molar-refractivity contribution < 1.29 is 9.59 Å². The van der Waals surface area contributed by atoms with Crippen LogP contribution in [0.5, 0.6) is 0 Å². The fourth-order valence-electron chi connectivity index (χ4n) is 2.27. The van der Waals surface area contributed by atoms with Gasteiger partial charge in [-0.1, -0.05) is 54.1 Å². The molecule has 0 aliphatic rings. The van der Waals surface area contributed by atoms with E-state index in [4.69, 9.17) is 11.6 Å². The Morgan fingerprint density at radius 2 is 1.70 bits per heavy atom. The summed E-state index contributed by atoms with van der Waals surface area (Å²) < 4.78 is 0. The van der Waals surface area contributed by atoms with Gasteiger partial charge in [-0.05, 0) is 24.6 Å². The minimum atomic E-state index is -0.411. The molecule has 120 valence electrons. The molecule has 23 heavy (non-hydrogen) atoms. The Hall–Kier alpha value is -2.33. The molecule has 2 N–H and O–H groups in total. The molecule has 0 radical (unpaired) electrons. The standard InChI is InChI=1S/C18H19ClN2O2/c1-2-20-17(22)12-16(13-8-4-3-5-9-13)21-18(23)14-10-6-7-11-15(14)19/h3-11,16H,2,12H2,1H3,(H,20,22)(H,21,23)/t16-/m1/s1. The second kappa shape index (κ2) is 8.34. The number of carbonyl (C=O) groups excluding carboxylic acids is 2. The maximum Gasteiger partial charge on any atom is 0.253 e. The molecule has 0 spiro atoms. The first-order valence-corrected chi connectivity index (χ1v) is 7.86. The minimum Gasteiger partial charge on any atom is -0.356 e. The molecular formula is C18H19ClN2O2. The van der Waals surface area contributed by atoms with Gasteiger partial charge in [0.2, 0.25) is 5.91 Å². The van der Waals surface area contributed by atoms with Crippen LogP contribution in [-0.2, 0) is 4.79 Å². The van der Waals surface area contributed by atoms with E-state index in [1.807, 2.05) is 37.3 Å². The van der Waals surface area contributed by atoms with E-state index >= 15 is 0 Å². The van der Waals surface area contributed by atoms with Crippen molar-refractivity contribution in [2.24, 2.45) is 0 Å². The first kappa shape index (κ1) is 17.0. The Kier molecular flexibility index (Phi) is 6.18. The summed E-state index contributed by atoms with van der Waals surface area (Å²) in [6.45, 7) is 2.41. The Morgan fingerprint density at radius 3 is 2.35 bits per heavy atom. The maximum atomic E-state index is 12.5. The highest BCUT2D eigenvalue weighted by Crippen LogP contribution is 2.20. The molecular weight excluding hydrogens is 312 g/mol. The van der Waals surface area contributed by atoms with Crippen molar-refractivity contribution in [3.8, 4) is 0 Å². The van der Waals surface area contributed by atoms with Gasteiger partial charge < -0.3 is 10.6 Å². The first-order chi connectivity index (χ1) is 11.1. The van der Waals surface area contributed by atoms with E-state index in [1.54, 1.807) is 24.3 Å². The molecule has 2 aromatic rings. The van der Waals surface area contributed by atoms with Crippen molar-refractivity contribution in [1.29, 1.82) is 0 Å². The van der Waals surface area contributed by atoms with Crippen LogP contribution in [0.3, 0.4) is 0 Å². The average molecular weight is 331 g/mol. The van der Waals surface area contributed by atoms with Crippen molar-refractivity contribution in [1.82, 2.24) is 10.6 Å². The lowest BCUT2D eigenvalue weighted by Gasteiger charge is -2.19. The number of rotatable bonds is 6. The van der Waals surface area contributed by atoms with E-state index in [2.05, 4.69) is 10.6 Å². The van der Waals surface area contributed by atoms with E-state index in [0.29, 0.717) is 17.1 Å². The normalized spacial score (nSPS) is 11.6. The lowest BCUT2D eigenvalue weighted by Crippen LogP contribution is -2.33. The maximum absolute atomic E-state index is 12.5. The van der Waals surface area contributed by atoms with Crippen LogP contribution < -0.4 is 10.6 Å². The van der Waals surface area contributed by atoms with Gasteiger partial charge >= 0.3 is 0 Å². The van der Waals surface area contributed by atoms with Crippen LogP contribution >= 0.6 is 11.6 Å². The van der Waals surface area contributed by atoms with E-state index < -0.39 is 6.04 Å². The molecule has 0 fully saturated rings. The van der Waals surface area contributed by atoms with Gasteiger partial charge in [-0.25, -0.2) is 0 Å². The third kappa shape index (κ3) is 4.83. The summed E-state index contributed by atoms with van der Waals surface area (Å²) in [5.74, 6) is -0.408. The van der Waals surface area contributed by atoms with Gasteiger partial charge in [0.25, 0.3) is 5.91 Å². The first-order valence-electron chi connectivity index (χ1n) is 7.49. The largest absolute Gasteiger partial charge is 0.356 e. The van der Waals surface area contributed by atoms with Crippen LogP contribution in [0, 0.1) is 0 Å². The zero-order valence-corrected chi connectivity index (χ0v) is 13.6. The Balaban J connectivity index is 2.19. The van der Waals surface area contributed by atoms with Crippen molar-refractivity contribution in [2.75, 3.05) is 6.54 Å². The number of halogens is 1. The fourth-order valence-corrected chi connectivity index (χ4v) is 2.50. The summed E-state index contributed by atoms with van der Waals surface area (Å²) in [6, 6.07) is 15.8. The van der Waals surface area contributed by atoms with Gasteiger partial charge in [-0.15, -0.1) is 0 Å². The van der Waals surface area contributed by atoms with E-state index in [-0.39, 0.29) is 18.2 Å². The van der Waals surface area contributed by atoms with E-state index in [1.165, 1.54) is 0 Å². The number of amides is 2. The third-order valence-corrected chi connectivity index (χ3v) is 3.72. The minimum absolute atomic E-state index is 0.110. The van der Waals surface area contributed by atoms with Gasteiger partial charge in [0.15, 0.2) is 0 Å². The number of hydrogen-bond acceptors (Lipinski definition) is 2. The molecule has 2 amide bonds. The zero-order chi connectivity index (χ0) is 16.7. The molecule has 4 nitrogen and oxygen atoms in total. The van der Waals surface area contributed by atoms with Crippen molar-refractivity contribution in [3.05, 3.63) is 70.7 Å². The molecule has 0 aliphatic heterocycles. The van der Waals surface area contributed by atoms with Crippen molar-refractivity contribution >= 4 is 23.4 Å². The molecule has 0 heterocycles. The summed E-state index contributed by atoms with van der Waals surface area (Å²) >= 11 is 6.06. The van der Waals surface area contributed by atoms with Gasteiger partial charge in [-0.3, -0.25) is 9.59 Å².